The van der Waals surface area contributed by atoms with E-state index in [4.69, 9.17) is 0 Å². The molecule has 0 heterocycles. The fourth-order valence-corrected chi connectivity index (χ4v) is 2.58. The largest absolute Gasteiger partial charge is 0.337 e. The van der Waals surface area contributed by atoms with Gasteiger partial charge >= 0.3 is 0 Å². The summed E-state index contributed by atoms with van der Waals surface area (Å²) in [5.74, 6) is -0.0757. The minimum absolute atomic E-state index is 0.0530. The normalized spacial score (nSPS) is 13.7. The van der Waals surface area contributed by atoms with Gasteiger partial charge in [-0.3, -0.25) is 9.69 Å². The molecule has 0 unspecified atom stereocenters. The topological polar surface area (TPSA) is 56.1 Å². The van der Waals surface area contributed by atoms with Crippen LogP contribution >= 0.6 is 0 Å². The number of fused-ring (bicyclic) bond motifs is 1. The Morgan fingerprint density at radius 1 is 1.25 bits per heavy atom. The van der Waals surface area contributed by atoms with E-state index in [0.717, 1.165) is 5.56 Å². The Morgan fingerprint density at radius 2 is 1.92 bits per heavy atom. The standard InChI is InChI=1S/C20H25N3O/c1-15(2)20(3,14-21)22-19(24)13-23(4)12-16-9-10-17-7-5-6-8-18(17)11-16/h5-11,15H,12-13H2,1-4H3,(H,22,24)/t20-/m0/s1. The van der Waals surface area contributed by atoms with Gasteiger partial charge in [0.2, 0.25) is 5.91 Å². The smallest absolute Gasteiger partial charge is 0.235 e. The number of hydrogen-bond acceptors (Lipinski definition) is 3. The lowest BCUT2D eigenvalue weighted by Crippen LogP contribution is -2.51. The summed E-state index contributed by atoms with van der Waals surface area (Å²) in [6.45, 7) is 6.57. The lowest BCUT2D eigenvalue weighted by molar-refractivity contribution is -0.123. The SMILES string of the molecule is CC(C)[C@](C)(C#N)NC(=O)CN(C)Cc1ccc2ccccc2c1. The van der Waals surface area contributed by atoms with Crippen LogP contribution < -0.4 is 5.32 Å². The number of likely N-dealkylation sites (N-methyl/N-ethyl adjacent to an activating group) is 1. The molecule has 1 atom stereocenters. The molecule has 0 aliphatic rings. The molecule has 0 aliphatic carbocycles. The molecule has 0 bridgehead atoms. The van der Waals surface area contributed by atoms with E-state index in [1.165, 1.54) is 10.8 Å². The summed E-state index contributed by atoms with van der Waals surface area (Å²) in [4.78, 5) is 14.2. The predicted octanol–water partition coefficient (Wildman–Crippen LogP) is 3.33. The zero-order valence-corrected chi connectivity index (χ0v) is 14.8. The Balaban J connectivity index is 1.98. The average Bonchev–Trinajstić information content (AvgIpc) is 2.54. The van der Waals surface area contributed by atoms with Crippen LogP contribution in [0.15, 0.2) is 42.5 Å². The molecule has 0 saturated heterocycles. The maximum atomic E-state index is 12.2. The van der Waals surface area contributed by atoms with E-state index in [1.54, 1.807) is 6.92 Å². The molecule has 0 fully saturated rings. The minimum Gasteiger partial charge on any atom is -0.337 e. The van der Waals surface area contributed by atoms with E-state index < -0.39 is 5.54 Å². The highest BCUT2D eigenvalue weighted by molar-refractivity contribution is 5.83. The van der Waals surface area contributed by atoms with Crippen LogP contribution in [0.25, 0.3) is 10.8 Å². The van der Waals surface area contributed by atoms with Gasteiger partial charge in [0, 0.05) is 6.54 Å². The third kappa shape index (κ3) is 4.33. The fraction of sp³-hybridized carbons (Fsp3) is 0.400. The highest BCUT2D eigenvalue weighted by Gasteiger charge is 2.30. The van der Waals surface area contributed by atoms with Gasteiger partial charge < -0.3 is 5.32 Å². The molecule has 1 amide bonds. The van der Waals surface area contributed by atoms with E-state index in [2.05, 4.69) is 41.7 Å². The van der Waals surface area contributed by atoms with Crippen molar-refractivity contribution < 1.29 is 4.79 Å². The first-order chi connectivity index (χ1) is 11.3. The zero-order valence-electron chi connectivity index (χ0n) is 14.8. The van der Waals surface area contributed by atoms with Crippen LogP contribution in [0.1, 0.15) is 26.3 Å². The maximum Gasteiger partial charge on any atom is 0.235 e. The molecule has 24 heavy (non-hydrogen) atoms. The molecule has 0 aliphatic heterocycles. The first-order valence-electron chi connectivity index (χ1n) is 8.22. The summed E-state index contributed by atoms with van der Waals surface area (Å²) in [5.41, 5.74) is 0.330. The highest BCUT2D eigenvalue weighted by atomic mass is 16.2. The van der Waals surface area contributed by atoms with Crippen molar-refractivity contribution in [2.75, 3.05) is 13.6 Å². The molecule has 4 nitrogen and oxygen atoms in total. The number of benzene rings is 2. The number of amides is 1. The molecule has 2 aromatic carbocycles. The first kappa shape index (κ1) is 18.0. The summed E-state index contributed by atoms with van der Waals surface area (Å²) in [5, 5.41) is 14.6. The molecule has 4 heteroatoms. The monoisotopic (exact) mass is 323 g/mol. The van der Waals surface area contributed by atoms with Crippen molar-refractivity contribution >= 4 is 16.7 Å². The van der Waals surface area contributed by atoms with Crippen LogP contribution in [0.3, 0.4) is 0 Å². The van der Waals surface area contributed by atoms with Crippen molar-refractivity contribution in [2.45, 2.75) is 32.9 Å². The molecule has 2 aromatic rings. The van der Waals surface area contributed by atoms with E-state index in [-0.39, 0.29) is 18.4 Å². The molecule has 0 radical (unpaired) electrons. The van der Waals surface area contributed by atoms with Gasteiger partial charge in [0.15, 0.2) is 0 Å². The third-order valence-corrected chi connectivity index (χ3v) is 4.47. The van der Waals surface area contributed by atoms with Crippen LogP contribution in [-0.2, 0) is 11.3 Å². The van der Waals surface area contributed by atoms with Gasteiger partial charge in [-0.25, -0.2) is 0 Å². The lowest BCUT2D eigenvalue weighted by Gasteiger charge is -2.28. The van der Waals surface area contributed by atoms with Gasteiger partial charge in [-0.1, -0.05) is 50.2 Å². The predicted molar refractivity (Wildman–Crippen MR) is 97.3 cm³/mol. The van der Waals surface area contributed by atoms with E-state index >= 15 is 0 Å². The minimum atomic E-state index is -0.832. The van der Waals surface area contributed by atoms with Crippen molar-refractivity contribution in [3.8, 4) is 6.07 Å². The van der Waals surface area contributed by atoms with Crippen LogP contribution in [0.2, 0.25) is 0 Å². The summed E-state index contributed by atoms with van der Waals surface area (Å²) in [6.07, 6.45) is 0. The number of hydrogen-bond donors (Lipinski definition) is 1. The van der Waals surface area contributed by atoms with Gasteiger partial charge in [-0.05, 0) is 42.3 Å². The molecule has 1 N–H and O–H groups in total. The lowest BCUT2D eigenvalue weighted by atomic mass is 9.90. The molecule has 126 valence electrons. The summed E-state index contributed by atoms with van der Waals surface area (Å²) in [6, 6.07) is 16.8. The van der Waals surface area contributed by atoms with E-state index in [9.17, 15) is 10.1 Å². The average molecular weight is 323 g/mol. The van der Waals surface area contributed by atoms with Gasteiger partial charge in [0.05, 0.1) is 12.6 Å². The second-order valence-corrected chi connectivity index (χ2v) is 6.87. The summed E-state index contributed by atoms with van der Waals surface area (Å²) < 4.78 is 0. The number of nitrogens with zero attached hydrogens (tertiary/aromatic N) is 2. The van der Waals surface area contributed by atoms with E-state index in [1.807, 2.05) is 37.9 Å². The van der Waals surface area contributed by atoms with Crippen LogP contribution in [-0.4, -0.2) is 29.9 Å². The number of rotatable bonds is 6. The molecule has 2 rings (SSSR count). The zero-order chi connectivity index (χ0) is 17.7. The number of carbonyl (C=O) groups is 1. The Labute approximate surface area is 144 Å². The Morgan fingerprint density at radius 3 is 2.54 bits per heavy atom. The van der Waals surface area contributed by atoms with Gasteiger partial charge in [-0.15, -0.1) is 0 Å². The van der Waals surface area contributed by atoms with Gasteiger partial charge in [0.1, 0.15) is 5.54 Å². The second kappa shape index (κ2) is 7.46. The third-order valence-electron chi connectivity index (χ3n) is 4.47. The van der Waals surface area contributed by atoms with Crippen LogP contribution in [0.5, 0.6) is 0 Å². The highest BCUT2D eigenvalue weighted by Crippen LogP contribution is 2.17. The Bertz CT molecular complexity index is 763. The second-order valence-electron chi connectivity index (χ2n) is 6.87. The fourth-order valence-electron chi connectivity index (χ4n) is 2.58. The van der Waals surface area contributed by atoms with Crippen LogP contribution in [0, 0.1) is 17.2 Å². The molecular weight excluding hydrogens is 298 g/mol. The molecule has 0 aromatic heterocycles. The summed E-state index contributed by atoms with van der Waals surface area (Å²) in [7, 11) is 1.91. The molecule has 0 saturated carbocycles. The Kier molecular flexibility index (Phi) is 5.58. The van der Waals surface area contributed by atoms with Crippen molar-refractivity contribution in [3.63, 3.8) is 0 Å². The molecule has 0 spiro atoms. The summed E-state index contributed by atoms with van der Waals surface area (Å²) >= 11 is 0. The quantitative estimate of drug-likeness (QED) is 0.887. The Hall–Kier alpha value is -2.38. The molecular formula is C20H25N3O. The van der Waals surface area contributed by atoms with Gasteiger partial charge in [-0.2, -0.15) is 5.26 Å². The first-order valence-corrected chi connectivity index (χ1v) is 8.22. The van der Waals surface area contributed by atoms with Gasteiger partial charge in [0.25, 0.3) is 0 Å². The maximum absolute atomic E-state index is 12.2. The number of nitriles is 1. The van der Waals surface area contributed by atoms with Crippen molar-refractivity contribution in [1.29, 1.82) is 5.26 Å². The van der Waals surface area contributed by atoms with Crippen LogP contribution in [0.4, 0.5) is 0 Å². The van der Waals surface area contributed by atoms with Crippen molar-refractivity contribution in [3.05, 3.63) is 48.0 Å². The number of carbonyl (C=O) groups excluding carboxylic acids is 1. The van der Waals surface area contributed by atoms with Crippen molar-refractivity contribution in [2.24, 2.45) is 5.92 Å². The number of nitrogens with one attached hydrogen (secondary N) is 1. The van der Waals surface area contributed by atoms with Crippen molar-refractivity contribution in [1.82, 2.24) is 10.2 Å². The van der Waals surface area contributed by atoms with E-state index in [0.29, 0.717) is 6.54 Å².